The van der Waals surface area contributed by atoms with E-state index in [-0.39, 0.29) is 59.8 Å². The number of ether oxygens (including phenoxy) is 2. The first-order valence-electron chi connectivity index (χ1n) is 12.4. The van der Waals surface area contributed by atoms with Gasteiger partial charge in [0, 0.05) is 29.6 Å². The lowest BCUT2D eigenvalue weighted by Crippen LogP contribution is -2.11. The minimum atomic E-state index is -4.77. The SMILES string of the molecule is CS(=O)(=O)CCCOc1cc(C(F)(F)F)c(-c2ccc(F)c(COc3cccc(C[C@@H]4C[C@H]4C(=O)O)c3)c2)cn1. The van der Waals surface area contributed by atoms with Crippen LogP contribution in [0, 0.1) is 17.7 Å². The van der Waals surface area contributed by atoms with Gasteiger partial charge >= 0.3 is 12.1 Å². The third kappa shape index (κ3) is 7.93. The summed E-state index contributed by atoms with van der Waals surface area (Å²) in [6.07, 6.45) is -1.45. The second-order valence-electron chi connectivity index (χ2n) is 9.78. The molecule has 214 valence electrons. The summed E-state index contributed by atoms with van der Waals surface area (Å²) in [6, 6.07) is 11.2. The average Bonchev–Trinajstić information content (AvgIpc) is 3.65. The number of nitrogens with zero attached hydrogens (tertiary/aromatic N) is 1. The highest BCUT2D eigenvalue weighted by Gasteiger charge is 2.42. The first-order valence-corrected chi connectivity index (χ1v) is 14.5. The number of carboxylic acids is 1. The molecule has 1 saturated carbocycles. The van der Waals surface area contributed by atoms with Crippen LogP contribution in [-0.4, -0.2) is 43.1 Å². The molecule has 1 aliphatic carbocycles. The number of hydrogen-bond acceptors (Lipinski definition) is 6. The van der Waals surface area contributed by atoms with Crippen molar-refractivity contribution < 1.29 is 45.4 Å². The van der Waals surface area contributed by atoms with Crippen molar-refractivity contribution in [3.05, 3.63) is 77.2 Å². The Morgan fingerprint density at radius 3 is 2.58 bits per heavy atom. The molecule has 1 aromatic heterocycles. The second-order valence-corrected chi connectivity index (χ2v) is 12.0. The minimum Gasteiger partial charge on any atom is -0.489 e. The number of pyridine rings is 1. The fraction of sp³-hybridized carbons (Fsp3) is 0.357. The topological polar surface area (TPSA) is 103 Å². The summed E-state index contributed by atoms with van der Waals surface area (Å²) in [5, 5.41) is 9.09. The van der Waals surface area contributed by atoms with Crippen LogP contribution >= 0.6 is 0 Å². The number of carbonyl (C=O) groups is 1. The van der Waals surface area contributed by atoms with Gasteiger partial charge in [-0.3, -0.25) is 4.79 Å². The third-order valence-corrected chi connectivity index (χ3v) is 7.51. The summed E-state index contributed by atoms with van der Waals surface area (Å²) in [7, 11) is -3.23. The molecule has 0 spiro atoms. The number of alkyl halides is 3. The molecule has 0 radical (unpaired) electrons. The molecular weight excluding hydrogens is 554 g/mol. The Morgan fingerprint density at radius 2 is 1.90 bits per heavy atom. The molecule has 1 N–H and O–H groups in total. The lowest BCUT2D eigenvalue weighted by Gasteiger charge is -2.16. The zero-order chi connectivity index (χ0) is 29.1. The van der Waals surface area contributed by atoms with Crippen LogP contribution in [0.1, 0.15) is 29.5 Å². The molecule has 1 fully saturated rings. The van der Waals surface area contributed by atoms with E-state index in [1.807, 2.05) is 6.07 Å². The first kappa shape index (κ1) is 29.3. The summed E-state index contributed by atoms with van der Waals surface area (Å²) in [6.45, 7) is -0.378. The van der Waals surface area contributed by atoms with Crippen molar-refractivity contribution in [1.29, 1.82) is 0 Å². The van der Waals surface area contributed by atoms with Crippen LogP contribution < -0.4 is 9.47 Å². The van der Waals surface area contributed by atoms with E-state index in [2.05, 4.69) is 4.98 Å². The maximum absolute atomic E-state index is 14.6. The van der Waals surface area contributed by atoms with Crippen LogP contribution in [0.25, 0.3) is 11.1 Å². The number of sulfone groups is 1. The number of aliphatic carboxylic acids is 1. The maximum Gasteiger partial charge on any atom is 0.417 e. The molecule has 0 saturated heterocycles. The predicted octanol–water partition coefficient (Wildman–Crippen LogP) is 5.56. The highest BCUT2D eigenvalue weighted by atomic mass is 32.2. The standard InChI is InChI=1S/C28H27F4NO6S/c1-40(36,37)9-3-8-38-26-14-24(28(30,31)32)23(15-33-26)18-6-7-25(29)20(12-18)16-39-21-5-2-4-17(11-21)10-19-13-22(19)27(34)35/h2,4-7,11-12,14-15,19,22H,3,8-10,13,16H2,1H3,(H,34,35)/t19-,22-/m1/s1. The summed E-state index contributed by atoms with van der Waals surface area (Å²) in [5.74, 6) is -1.83. The minimum absolute atomic E-state index is 0.0327. The number of aromatic nitrogens is 1. The molecule has 3 aromatic rings. The number of benzene rings is 2. The lowest BCUT2D eigenvalue weighted by molar-refractivity contribution is -0.139. The van der Waals surface area contributed by atoms with E-state index < -0.39 is 33.4 Å². The van der Waals surface area contributed by atoms with Crippen molar-refractivity contribution in [3.63, 3.8) is 0 Å². The average molecular weight is 582 g/mol. The van der Waals surface area contributed by atoms with Gasteiger partial charge in [-0.05, 0) is 60.6 Å². The molecular formula is C28H27F4NO6S. The van der Waals surface area contributed by atoms with Crippen molar-refractivity contribution in [2.75, 3.05) is 18.6 Å². The summed E-state index contributed by atoms with van der Waals surface area (Å²) >= 11 is 0. The first-order chi connectivity index (χ1) is 18.8. The van der Waals surface area contributed by atoms with Crippen LogP contribution in [0.2, 0.25) is 0 Å². The van der Waals surface area contributed by atoms with Gasteiger partial charge in [-0.25, -0.2) is 17.8 Å². The molecule has 1 aliphatic rings. The van der Waals surface area contributed by atoms with Gasteiger partial charge in [0.15, 0.2) is 0 Å². The normalized spacial score (nSPS) is 16.9. The molecule has 0 amide bonds. The molecule has 2 aromatic carbocycles. The number of rotatable bonds is 12. The van der Waals surface area contributed by atoms with Crippen LogP contribution in [-0.2, 0) is 33.8 Å². The number of hydrogen-bond donors (Lipinski definition) is 1. The van der Waals surface area contributed by atoms with Gasteiger partial charge in [-0.1, -0.05) is 18.2 Å². The molecule has 1 heterocycles. The highest BCUT2D eigenvalue weighted by Crippen LogP contribution is 2.42. The molecule has 0 aliphatic heterocycles. The quantitative estimate of drug-likeness (QED) is 0.221. The lowest BCUT2D eigenvalue weighted by atomic mass is 9.99. The summed E-state index contributed by atoms with van der Waals surface area (Å²) < 4.78 is 89.7. The molecule has 12 heteroatoms. The van der Waals surface area contributed by atoms with E-state index in [0.29, 0.717) is 18.6 Å². The Morgan fingerprint density at radius 1 is 1.12 bits per heavy atom. The second kappa shape index (κ2) is 11.8. The monoisotopic (exact) mass is 581 g/mol. The fourth-order valence-electron chi connectivity index (χ4n) is 4.33. The smallest absolute Gasteiger partial charge is 0.417 e. The highest BCUT2D eigenvalue weighted by molar-refractivity contribution is 7.90. The van der Waals surface area contributed by atoms with Gasteiger partial charge in [0.25, 0.3) is 0 Å². The van der Waals surface area contributed by atoms with Crippen molar-refractivity contribution in [3.8, 4) is 22.8 Å². The predicted molar refractivity (Wildman–Crippen MR) is 138 cm³/mol. The van der Waals surface area contributed by atoms with Crippen molar-refractivity contribution in [1.82, 2.24) is 4.98 Å². The third-order valence-electron chi connectivity index (χ3n) is 6.48. The van der Waals surface area contributed by atoms with Gasteiger partial charge < -0.3 is 14.6 Å². The zero-order valence-corrected chi connectivity index (χ0v) is 22.3. The number of halogens is 4. The molecule has 0 bridgehead atoms. The molecule has 7 nitrogen and oxygen atoms in total. The Labute approximate surface area is 228 Å². The van der Waals surface area contributed by atoms with Crippen molar-refractivity contribution >= 4 is 15.8 Å². The van der Waals surface area contributed by atoms with Crippen LogP contribution in [0.4, 0.5) is 17.6 Å². The van der Waals surface area contributed by atoms with Crippen molar-refractivity contribution in [2.24, 2.45) is 11.8 Å². The zero-order valence-electron chi connectivity index (χ0n) is 21.4. The molecule has 0 unspecified atom stereocenters. The fourth-order valence-corrected chi connectivity index (χ4v) is 4.97. The molecule has 2 atom stereocenters. The van der Waals surface area contributed by atoms with Gasteiger partial charge in [-0.15, -0.1) is 0 Å². The Hall–Kier alpha value is -3.67. The van der Waals surface area contributed by atoms with E-state index in [0.717, 1.165) is 30.1 Å². The van der Waals surface area contributed by atoms with Crippen LogP contribution in [0.5, 0.6) is 11.6 Å². The van der Waals surface area contributed by atoms with E-state index in [9.17, 15) is 30.8 Å². The molecule has 4 rings (SSSR count). The van der Waals surface area contributed by atoms with E-state index in [1.165, 1.54) is 12.1 Å². The van der Waals surface area contributed by atoms with Gasteiger partial charge in [0.2, 0.25) is 5.88 Å². The summed E-state index contributed by atoms with van der Waals surface area (Å²) in [4.78, 5) is 15.0. The largest absolute Gasteiger partial charge is 0.489 e. The van der Waals surface area contributed by atoms with Crippen molar-refractivity contribution in [2.45, 2.75) is 32.0 Å². The van der Waals surface area contributed by atoms with Crippen LogP contribution in [0.3, 0.4) is 0 Å². The van der Waals surface area contributed by atoms with E-state index in [1.54, 1.807) is 18.2 Å². The maximum atomic E-state index is 14.6. The number of carboxylic acid groups (broad SMARTS) is 1. The summed E-state index contributed by atoms with van der Waals surface area (Å²) in [5.41, 5.74) is -0.334. The van der Waals surface area contributed by atoms with Gasteiger partial charge in [0.05, 0.1) is 23.8 Å². The Bertz CT molecular complexity index is 1490. The van der Waals surface area contributed by atoms with Crippen LogP contribution in [0.15, 0.2) is 54.7 Å². The van der Waals surface area contributed by atoms with E-state index in [4.69, 9.17) is 14.6 Å². The molecule has 40 heavy (non-hydrogen) atoms. The Kier molecular flexibility index (Phi) is 8.67. The van der Waals surface area contributed by atoms with Gasteiger partial charge in [-0.2, -0.15) is 13.2 Å². The van der Waals surface area contributed by atoms with E-state index >= 15 is 0 Å². The van der Waals surface area contributed by atoms with Gasteiger partial charge in [0.1, 0.15) is 28.0 Å². The Balaban J connectivity index is 1.48.